The van der Waals surface area contributed by atoms with Crippen molar-refractivity contribution in [3.8, 4) is 0 Å². The quantitative estimate of drug-likeness (QED) is 0.624. The Kier molecular flexibility index (Phi) is 6.25. The van der Waals surface area contributed by atoms with Gasteiger partial charge < -0.3 is 10.6 Å². The van der Waals surface area contributed by atoms with Crippen LogP contribution in [0.2, 0.25) is 0 Å². The summed E-state index contributed by atoms with van der Waals surface area (Å²) in [5.41, 5.74) is 0. The van der Waals surface area contributed by atoms with Crippen LogP contribution >= 0.6 is 11.8 Å². The van der Waals surface area contributed by atoms with Crippen molar-refractivity contribution in [3.63, 3.8) is 0 Å². The third-order valence-corrected chi connectivity index (χ3v) is 3.41. The fraction of sp³-hybridized carbons (Fsp3) is 0.800. The molecule has 0 unspecified atom stereocenters. The molecule has 3 amide bonds. The molecule has 3 N–H and O–H groups in total. The molecule has 0 aromatic carbocycles. The lowest BCUT2D eigenvalue weighted by atomic mass is 10.1. The minimum atomic E-state index is -0.391. The third kappa shape index (κ3) is 5.37. The number of thioether (sulfide) groups is 1. The van der Waals surface area contributed by atoms with Gasteiger partial charge in [-0.2, -0.15) is 11.8 Å². The molecule has 1 aliphatic rings. The molecule has 0 aliphatic carbocycles. The van der Waals surface area contributed by atoms with Crippen LogP contribution in [0.5, 0.6) is 0 Å². The van der Waals surface area contributed by atoms with Crippen LogP contribution in [0.25, 0.3) is 0 Å². The standard InChI is InChI=1S/C10H19N3O2S/c1-2-3-12-10(15)13-9(14)7-16-6-8-4-11-5-8/h8,11H,2-7H2,1H3,(H2,12,13,14,15). The minimum absolute atomic E-state index is 0.217. The Balaban J connectivity index is 1.98. The maximum atomic E-state index is 11.3. The lowest BCUT2D eigenvalue weighted by Gasteiger charge is -2.26. The number of hydrogen-bond donors (Lipinski definition) is 3. The van der Waals surface area contributed by atoms with E-state index in [4.69, 9.17) is 0 Å². The van der Waals surface area contributed by atoms with Crippen molar-refractivity contribution in [2.45, 2.75) is 13.3 Å². The van der Waals surface area contributed by atoms with Crippen LogP contribution in [-0.2, 0) is 4.79 Å². The SMILES string of the molecule is CCCNC(=O)NC(=O)CSCC1CNC1. The van der Waals surface area contributed by atoms with Gasteiger partial charge in [0.15, 0.2) is 0 Å². The number of rotatable bonds is 6. The van der Waals surface area contributed by atoms with Crippen molar-refractivity contribution in [1.29, 1.82) is 0 Å². The zero-order chi connectivity index (χ0) is 11.8. The first-order valence-corrected chi connectivity index (χ1v) is 6.74. The molecule has 92 valence electrons. The molecule has 0 aromatic heterocycles. The van der Waals surface area contributed by atoms with Crippen LogP contribution in [0.3, 0.4) is 0 Å². The van der Waals surface area contributed by atoms with Gasteiger partial charge in [-0.1, -0.05) is 6.92 Å². The summed E-state index contributed by atoms with van der Waals surface area (Å²) in [6.07, 6.45) is 0.866. The van der Waals surface area contributed by atoms with Gasteiger partial charge in [-0.3, -0.25) is 10.1 Å². The van der Waals surface area contributed by atoms with Crippen molar-refractivity contribution in [1.82, 2.24) is 16.0 Å². The third-order valence-electron chi connectivity index (χ3n) is 2.24. The van der Waals surface area contributed by atoms with Crippen LogP contribution in [0, 0.1) is 5.92 Å². The Bertz CT molecular complexity index is 244. The number of hydrogen-bond acceptors (Lipinski definition) is 4. The van der Waals surface area contributed by atoms with Crippen LogP contribution in [0.15, 0.2) is 0 Å². The maximum Gasteiger partial charge on any atom is 0.321 e. The molecule has 1 fully saturated rings. The Morgan fingerprint density at radius 2 is 2.19 bits per heavy atom. The lowest BCUT2D eigenvalue weighted by Crippen LogP contribution is -2.44. The number of imide groups is 1. The van der Waals surface area contributed by atoms with Gasteiger partial charge in [0.05, 0.1) is 5.75 Å². The van der Waals surface area contributed by atoms with E-state index in [-0.39, 0.29) is 5.91 Å². The Hall–Kier alpha value is -0.750. The summed E-state index contributed by atoms with van der Waals surface area (Å²) >= 11 is 1.58. The topological polar surface area (TPSA) is 70.2 Å². The van der Waals surface area contributed by atoms with E-state index in [0.717, 1.165) is 25.3 Å². The van der Waals surface area contributed by atoms with Gasteiger partial charge in [0.2, 0.25) is 5.91 Å². The predicted octanol–water partition coefficient (Wildman–Crippen LogP) is 0.175. The number of amides is 3. The molecule has 0 aromatic rings. The van der Waals surface area contributed by atoms with Gasteiger partial charge in [0, 0.05) is 6.54 Å². The van der Waals surface area contributed by atoms with Crippen LogP contribution in [0.1, 0.15) is 13.3 Å². The van der Waals surface area contributed by atoms with Crippen LogP contribution < -0.4 is 16.0 Å². The molecule has 0 radical (unpaired) electrons. The number of nitrogens with one attached hydrogen (secondary N) is 3. The fourth-order valence-corrected chi connectivity index (χ4v) is 2.17. The van der Waals surface area contributed by atoms with Crippen molar-refractivity contribution in [2.24, 2.45) is 5.92 Å². The van der Waals surface area contributed by atoms with Crippen LogP contribution in [-0.4, -0.2) is 43.1 Å². The van der Waals surface area contributed by atoms with Crippen molar-refractivity contribution in [3.05, 3.63) is 0 Å². The highest BCUT2D eigenvalue weighted by molar-refractivity contribution is 7.99. The van der Waals surface area contributed by atoms with Gasteiger partial charge >= 0.3 is 6.03 Å². The maximum absolute atomic E-state index is 11.3. The second-order valence-corrected chi connectivity index (χ2v) is 4.87. The van der Waals surface area contributed by atoms with E-state index in [1.54, 1.807) is 11.8 Å². The van der Waals surface area contributed by atoms with E-state index in [1.807, 2.05) is 6.92 Å². The second kappa shape index (κ2) is 7.51. The van der Waals surface area contributed by atoms with E-state index >= 15 is 0 Å². The van der Waals surface area contributed by atoms with Crippen molar-refractivity contribution < 1.29 is 9.59 Å². The summed E-state index contributed by atoms with van der Waals surface area (Å²) in [6.45, 7) is 4.65. The van der Waals surface area contributed by atoms with Gasteiger partial charge in [0.25, 0.3) is 0 Å². The normalized spacial score (nSPS) is 15.3. The molecule has 1 aliphatic heterocycles. The molecule has 5 nitrogen and oxygen atoms in total. The van der Waals surface area contributed by atoms with E-state index in [1.165, 1.54) is 0 Å². The summed E-state index contributed by atoms with van der Waals surface area (Å²) in [5.74, 6) is 1.81. The first-order valence-electron chi connectivity index (χ1n) is 5.58. The zero-order valence-corrected chi connectivity index (χ0v) is 10.4. The molecular formula is C10H19N3O2S. The summed E-state index contributed by atoms with van der Waals surface area (Å²) in [5, 5.41) is 8.07. The highest BCUT2D eigenvalue weighted by Crippen LogP contribution is 2.11. The molecule has 0 bridgehead atoms. The first kappa shape index (κ1) is 13.3. The summed E-state index contributed by atoms with van der Waals surface area (Å²) in [6, 6.07) is -0.391. The van der Waals surface area contributed by atoms with E-state index in [9.17, 15) is 9.59 Å². The van der Waals surface area contributed by atoms with Gasteiger partial charge in [-0.15, -0.1) is 0 Å². The lowest BCUT2D eigenvalue weighted by molar-refractivity contribution is -0.117. The van der Waals surface area contributed by atoms with E-state index in [0.29, 0.717) is 18.2 Å². The zero-order valence-electron chi connectivity index (χ0n) is 9.54. The highest BCUT2D eigenvalue weighted by Gasteiger charge is 2.17. The summed E-state index contributed by atoms with van der Waals surface area (Å²) in [7, 11) is 0. The highest BCUT2D eigenvalue weighted by atomic mass is 32.2. The average Bonchev–Trinajstić information content (AvgIpc) is 2.18. The fourth-order valence-electron chi connectivity index (χ4n) is 1.23. The summed E-state index contributed by atoms with van der Waals surface area (Å²) in [4.78, 5) is 22.4. The molecule has 1 rings (SSSR count). The monoisotopic (exact) mass is 245 g/mol. The Labute approximate surface area is 100 Å². The Morgan fingerprint density at radius 3 is 2.75 bits per heavy atom. The number of carbonyl (C=O) groups excluding carboxylic acids is 2. The molecule has 6 heteroatoms. The first-order chi connectivity index (χ1) is 7.72. The summed E-state index contributed by atoms with van der Waals surface area (Å²) < 4.78 is 0. The molecule has 0 spiro atoms. The van der Waals surface area contributed by atoms with Crippen molar-refractivity contribution >= 4 is 23.7 Å². The Morgan fingerprint density at radius 1 is 1.44 bits per heavy atom. The smallest absolute Gasteiger partial charge is 0.321 e. The predicted molar refractivity (Wildman–Crippen MR) is 65.5 cm³/mol. The van der Waals surface area contributed by atoms with Crippen LogP contribution in [0.4, 0.5) is 4.79 Å². The average molecular weight is 245 g/mol. The second-order valence-electron chi connectivity index (χ2n) is 3.84. The minimum Gasteiger partial charge on any atom is -0.338 e. The van der Waals surface area contributed by atoms with E-state index < -0.39 is 6.03 Å². The molecule has 16 heavy (non-hydrogen) atoms. The van der Waals surface area contributed by atoms with Crippen molar-refractivity contribution in [2.75, 3.05) is 31.1 Å². The molecule has 0 saturated carbocycles. The van der Waals surface area contributed by atoms with E-state index in [2.05, 4.69) is 16.0 Å². The largest absolute Gasteiger partial charge is 0.338 e. The molecule has 0 atom stereocenters. The number of urea groups is 1. The van der Waals surface area contributed by atoms with Gasteiger partial charge in [-0.25, -0.2) is 4.79 Å². The van der Waals surface area contributed by atoms with Gasteiger partial charge in [-0.05, 0) is 31.2 Å². The van der Waals surface area contributed by atoms with Gasteiger partial charge in [0.1, 0.15) is 0 Å². The molecular weight excluding hydrogens is 226 g/mol. The molecule has 1 heterocycles. The molecule has 1 saturated heterocycles. The number of carbonyl (C=O) groups is 2.